The van der Waals surface area contributed by atoms with Gasteiger partial charge in [-0.1, -0.05) is 11.6 Å². The second-order valence-corrected chi connectivity index (χ2v) is 4.97. The van der Waals surface area contributed by atoms with E-state index in [0.717, 1.165) is 11.3 Å². The van der Waals surface area contributed by atoms with Crippen LogP contribution in [-0.4, -0.2) is 41.3 Å². The van der Waals surface area contributed by atoms with Crippen molar-refractivity contribution in [2.45, 2.75) is 6.10 Å². The Bertz CT molecular complexity index is 433. The van der Waals surface area contributed by atoms with Crippen LogP contribution in [0.2, 0.25) is 4.34 Å². The maximum Gasteiger partial charge on any atom is 0.334 e. The number of hydrogen-bond acceptors (Lipinski definition) is 4. The number of ether oxygens (including phenoxy) is 1. The molecule has 16 heavy (non-hydrogen) atoms. The first kappa shape index (κ1) is 11.4. The summed E-state index contributed by atoms with van der Waals surface area (Å²) in [5, 5.41) is 8.71. The van der Waals surface area contributed by atoms with Gasteiger partial charge in [-0.15, -0.1) is 11.3 Å². The molecular weight excluding hydrogens is 254 g/mol. The second kappa shape index (κ2) is 4.40. The van der Waals surface area contributed by atoms with Crippen molar-refractivity contribution in [1.82, 2.24) is 4.90 Å². The fourth-order valence-corrected chi connectivity index (χ4v) is 2.37. The lowest BCUT2D eigenvalue weighted by Crippen LogP contribution is -2.31. The SMILES string of the molecule is O=C(O)C1CN(C(=O)c2ccc(Cl)s2)CO1. The number of hydrogen-bond donors (Lipinski definition) is 1. The minimum atomic E-state index is -1.06. The molecule has 86 valence electrons. The Morgan fingerprint density at radius 2 is 2.31 bits per heavy atom. The molecule has 0 bridgehead atoms. The third kappa shape index (κ3) is 2.18. The van der Waals surface area contributed by atoms with E-state index >= 15 is 0 Å². The smallest absolute Gasteiger partial charge is 0.334 e. The number of carbonyl (C=O) groups excluding carboxylic acids is 1. The monoisotopic (exact) mass is 261 g/mol. The number of aliphatic carboxylic acids is 1. The van der Waals surface area contributed by atoms with Gasteiger partial charge in [-0.3, -0.25) is 4.79 Å². The summed E-state index contributed by atoms with van der Waals surface area (Å²) >= 11 is 6.88. The highest BCUT2D eigenvalue weighted by molar-refractivity contribution is 7.17. The van der Waals surface area contributed by atoms with Gasteiger partial charge in [0.25, 0.3) is 5.91 Å². The summed E-state index contributed by atoms with van der Waals surface area (Å²) in [5.74, 6) is -1.31. The number of rotatable bonds is 2. The predicted molar refractivity (Wildman–Crippen MR) is 57.7 cm³/mol. The van der Waals surface area contributed by atoms with Crippen molar-refractivity contribution in [2.24, 2.45) is 0 Å². The number of carboxylic acid groups (broad SMARTS) is 1. The highest BCUT2D eigenvalue weighted by Crippen LogP contribution is 2.24. The average molecular weight is 262 g/mol. The fraction of sp³-hybridized carbons (Fsp3) is 0.333. The quantitative estimate of drug-likeness (QED) is 0.871. The number of carboxylic acids is 1. The predicted octanol–water partition coefficient (Wildman–Crippen LogP) is 1.28. The molecule has 1 saturated heterocycles. The van der Waals surface area contributed by atoms with Crippen molar-refractivity contribution in [1.29, 1.82) is 0 Å². The van der Waals surface area contributed by atoms with E-state index in [1.54, 1.807) is 12.1 Å². The van der Waals surface area contributed by atoms with Crippen LogP contribution >= 0.6 is 22.9 Å². The first-order valence-electron chi connectivity index (χ1n) is 4.47. The highest BCUT2D eigenvalue weighted by atomic mass is 35.5. The molecule has 1 aromatic rings. The first-order valence-corrected chi connectivity index (χ1v) is 5.66. The molecule has 0 saturated carbocycles. The van der Waals surface area contributed by atoms with Crippen LogP contribution in [0.25, 0.3) is 0 Å². The number of halogens is 1. The number of thiophene rings is 1. The fourth-order valence-electron chi connectivity index (χ4n) is 1.36. The Morgan fingerprint density at radius 1 is 1.56 bits per heavy atom. The Balaban J connectivity index is 2.05. The number of nitrogens with zero attached hydrogens (tertiary/aromatic N) is 1. The zero-order valence-electron chi connectivity index (χ0n) is 8.05. The van der Waals surface area contributed by atoms with Crippen molar-refractivity contribution < 1.29 is 19.4 Å². The molecule has 0 radical (unpaired) electrons. The van der Waals surface area contributed by atoms with E-state index in [0.29, 0.717) is 9.21 Å². The van der Waals surface area contributed by atoms with Gasteiger partial charge in [-0.2, -0.15) is 0 Å². The minimum absolute atomic E-state index is 0.00528. The molecule has 0 aromatic carbocycles. The molecule has 5 nitrogen and oxygen atoms in total. The van der Waals surface area contributed by atoms with Gasteiger partial charge in [-0.25, -0.2) is 4.79 Å². The van der Waals surface area contributed by atoms with E-state index in [1.165, 1.54) is 4.90 Å². The Labute approximate surface area is 100 Å². The lowest BCUT2D eigenvalue weighted by Gasteiger charge is -2.11. The molecule has 2 rings (SSSR count). The Kier molecular flexibility index (Phi) is 3.13. The summed E-state index contributed by atoms with van der Waals surface area (Å²) in [5.41, 5.74) is 0. The summed E-state index contributed by atoms with van der Waals surface area (Å²) in [6.07, 6.45) is -0.931. The summed E-state index contributed by atoms with van der Waals surface area (Å²) in [6.45, 7) is 0.0784. The third-order valence-electron chi connectivity index (χ3n) is 2.16. The lowest BCUT2D eigenvalue weighted by molar-refractivity contribution is -0.146. The zero-order valence-corrected chi connectivity index (χ0v) is 9.62. The van der Waals surface area contributed by atoms with Gasteiger partial charge in [0.1, 0.15) is 6.73 Å². The lowest BCUT2D eigenvalue weighted by atomic mass is 10.3. The van der Waals surface area contributed by atoms with Gasteiger partial charge in [-0.05, 0) is 12.1 Å². The number of carbonyl (C=O) groups is 2. The van der Waals surface area contributed by atoms with E-state index in [1.807, 2.05) is 0 Å². The molecular formula is C9H8ClNO4S. The zero-order chi connectivity index (χ0) is 11.7. The van der Waals surface area contributed by atoms with Crippen molar-refractivity contribution in [3.8, 4) is 0 Å². The van der Waals surface area contributed by atoms with Crippen LogP contribution in [0.5, 0.6) is 0 Å². The van der Waals surface area contributed by atoms with E-state index in [9.17, 15) is 9.59 Å². The Hall–Kier alpha value is -1.11. The van der Waals surface area contributed by atoms with Crippen LogP contribution < -0.4 is 0 Å². The molecule has 1 aliphatic heterocycles. The molecule has 1 N–H and O–H groups in total. The van der Waals surface area contributed by atoms with E-state index in [-0.39, 0.29) is 19.2 Å². The molecule has 1 amide bonds. The van der Waals surface area contributed by atoms with Crippen molar-refractivity contribution in [3.63, 3.8) is 0 Å². The summed E-state index contributed by atoms with van der Waals surface area (Å²) in [6, 6.07) is 3.24. The van der Waals surface area contributed by atoms with Gasteiger partial charge in [0.05, 0.1) is 15.8 Å². The highest BCUT2D eigenvalue weighted by Gasteiger charge is 2.32. The summed E-state index contributed by atoms with van der Waals surface area (Å²) in [4.78, 5) is 24.3. The summed E-state index contributed by atoms with van der Waals surface area (Å²) in [7, 11) is 0. The normalized spacial score (nSPS) is 20.1. The Morgan fingerprint density at radius 3 is 2.81 bits per heavy atom. The van der Waals surface area contributed by atoms with E-state index in [2.05, 4.69) is 0 Å². The molecule has 1 aromatic heterocycles. The number of amides is 1. The van der Waals surface area contributed by atoms with Crippen LogP contribution in [0.1, 0.15) is 9.67 Å². The topological polar surface area (TPSA) is 66.8 Å². The molecule has 0 aliphatic carbocycles. The van der Waals surface area contributed by atoms with Gasteiger partial charge >= 0.3 is 5.97 Å². The molecule has 0 spiro atoms. The molecule has 7 heteroatoms. The van der Waals surface area contributed by atoms with Crippen LogP contribution in [0.4, 0.5) is 0 Å². The van der Waals surface area contributed by atoms with Crippen molar-refractivity contribution in [3.05, 3.63) is 21.3 Å². The minimum Gasteiger partial charge on any atom is -0.479 e. The second-order valence-electron chi connectivity index (χ2n) is 3.25. The molecule has 1 aliphatic rings. The van der Waals surface area contributed by atoms with Crippen LogP contribution in [0, 0.1) is 0 Å². The maximum absolute atomic E-state index is 11.8. The molecule has 1 atom stereocenters. The average Bonchev–Trinajstić information content (AvgIpc) is 2.84. The maximum atomic E-state index is 11.8. The van der Waals surface area contributed by atoms with E-state index < -0.39 is 12.1 Å². The molecule has 2 heterocycles. The standard InChI is InChI=1S/C9H8ClNO4S/c10-7-2-1-6(16-7)8(12)11-3-5(9(13)14)15-4-11/h1-2,5H,3-4H2,(H,13,14). The van der Waals surface area contributed by atoms with Crippen molar-refractivity contribution in [2.75, 3.05) is 13.3 Å². The molecule has 1 fully saturated rings. The van der Waals surface area contributed by atoms with Crippen molar-refractivity contribution >= 4 is 34.8 Å². The third-order valence-corrected chi connectivity index (χ3v) is 3.38. The van der Waals surface area contributed by atoms with Gasteiger partial charge in [0.15, 0.2) is 6.10 Å². The summed E-state index contributed by atoms with van der Waals surface area (Å²) < 4.78 is 5.48. The van der Waals surface area contributed by atoms with Gasteiger partial charge in [0.2, 0.25) is 0 Å². The first-order chi connectivity index (χ1) is 7.58. The van der Waals surface area contributed by atoms with Crippen LogP contribution in [0.3, 0.4) is 0 Å². The molecule has 1 unspecified atom stereocenters. The van der Waals surface area contributed by atoms with Crippen LogP contribution in [0.15, 0.2) is 12.1 Å². The van der Waals surface area contributed by atoms with Gasteiger partial charge in [0, 0.05) is 0 Å². The largest absolute Gasteiger partial charge is 0.479 e. The van der Waals surface area contributed by atoms with E-state index in [4.69, 9.17) is 21.4 Å². The van der Waals surface area contributed by atoms with Gasteiger partial charge < -0.3 is 14.7 Å². The van der Waals surface area contributed by atoms with Crippen LogP contribution in [-0.2, 0) is 9.53 Å².